The summed E-state index contributed by atoms with van der Waals surface area (Å²) in [5.41, 5.74) is 9.98. The highest BCUT2D eigenvalue weighted by molar-refractivity contribution is 5.95. The molecule has 80 valence electrons. The van der Waals surface area contributed by atoms with E-state index in [1.54, 1.807) is 18.6 Å². The van der Waals surface area contributed by atoms with Gasteiger partial charge in [0.2, 0.25) is 0 Å². The SMILES string of the molecule is NC(=NNc1ccccc1)c1cnccn1. The lowest BCUT2D eigenvalue weighted by atomic mass is 10.3. The number of rotatable bonds is 3. The second-order valence-electron chi connectivity index (χ2n) is 3.07. The number of aromatic nitrogens is 2. The van der Waals surface area contributed by atoms with Crippen molar-refractivity contribution in [1.29, 1.82) is 0 Å². The largest absolute Gasteiger partial charge is 0.380 e. The van der Waals surface area contributed by atoms with Crippen LogP contribution in [0.4, 0.5) is 5.69 Å². The van der Waals surface area contributed by atoms with Crippen LogP contribution in [0.5, 0.6) is 0 Å². The van der Waals surface area contributed by atoms with Gasteiger partial charge in [0.25, 0.3) is 0 Å². The van der Waals surface area contributed by atoms with E-state index in [1.165, 1.54) is 0 Å². The van der Waals surface area contributed by atoms with Gasteiger partial charge >= 0.3 is 0 Å². The number of nitrogens with two attached hydrogens (primary N) is 1. The van der Waals surface area contributed by atoms with E-state index in [-0.39, 0.29) is 0 Å². The molecule has 0 radical (unpaired) electrons. The number of benzene rings is 1. The first-order valence-electron chi connectivity index (χ1n) is 4.77. The summed E-state index contributed by atoms with van der Waals surface area (Å²) >= 11 is 0. The van der Waals surface area contributed by atoms with E-state index in [0.29, 0.717) is 11.5 Å². The highest BCUT2D eigenvalue weighted by Gasteiger charge is 1.98. The molecule has 2 aromatic rings. The average Bonchev–Trinajstić information content (AvgIpc) is 2.38. The van der Waals surface area contributed by atoms with E-state index in [2.05, 4.69) is 20.5 Å². The Balaban J connectivity index is 2.09. The molecule has 0 saturated carbocycles. The number of hydrazone groups is 1. The van der Waals surface area contributed by atoms with Gasteiger partial charge in [-0.3, -0.25) is 10.4 Å². The molecule has 0 unspecified atom stereocenters. The Bertz CT molecular complexity index is 466. The molecule has 16 heavy (non-hydrogen) atoms. The third kappa shape index (κ3) is 2.54. The van der Waals surface area contributed by atoms with Crippen LogP contribution in [0.25, 0.3) is 0 Å². The van der Waals surface area contributed by atoms with Gasteiger partial charge in [0, 0.05) is 12.4 Å². The van der Waals surface area contributed by atoms with Crippen molar-refractivity contribution < 1.29 is 0 Å². The van der Waals surface area contributed by atoms with Crippen LogP contribution in [0.3, 0.4) is 0 Å². The van der Waals surface area contributed by atoms with E-state index in [1.807, 2.05) is 30.3 Å². The first-order chi connectivity index (χ1) is 7.86. The minimum absolute atomic E-state index is 0.303. The maximum absolute atomic E-state index is 5.73. The molecule has 0 fully saturated rings. The van der Waals surface area contributed by atoms with Gasteiger partial charge in [0.15, 0.2) is 5.84 Å². The summed E-state index contributed by atoms with van der Waals surface area (Å²) < 4.78 is 0. The zero-order chi connectivity index (χ0) is 11.2. The Morgan fingerprint density at radius 3 is 2.69 bits per heavy atom. The molecule has 0 spiro atoms. The van der Waals surface area contributed by atoms with Crippen LogP contribution in [0, 0.1) is 0 Å². The molecule has 0 atom stereocenters. The summed E-state index contributed by atoms with van der Waals surface area (Å²) in [5, 5.41) is 4.01. The fraction of sp³-hybridized carbons (Fsp3) is 0. The minimum atomic E-state index is 0.303. The van der Waals surface area contributed by atoms with E-state index < -0.39 is 0 Å². The smallest absolute Gasteiger partial charge is 0.171 e. The molecule has 0 aliphatic rings. The highest BCUT2D eigenvalue weighted by Crippen LogP contribution is 2.04. The van der Waals surface area contributed by atoms with Crippen molar-refractivity contribution in [3.8, 4) is 0 Å². The molecule has 5 heteroatoms. The molecule has 2 rings (SSSR count). The molecule has 0 aliphatic carbocycles. The van der Waals surface area contributed by atoms with Gasteiger partial charge in [-0.2, -0.15) is 5.10 Å². The average molecular weight is 213 g/mol. The van der Waals surface area contributed by atoms with Crippen LogP contribution < -0.4 is 11.2 Å². The minimum Gasteiger partial charge on any atom is -0.380 e. The summed E-state index contributed by atoms with van der Waals surface area (Å²) in [7, 11) is 0. The van der Waals surface area contributed by atoms with Crippen molar-refractivity contribution in [1.82, 2.24) is 9.97 Å². The predicted octanol–water partition coefficient (Wildman–Crippen LogP) is 1.21. The zero-order valence-corrected chi connectivity index (χ0v) is 8.54. The molecular formula is C11H11N5. The molecule has 5 nitrogen and oxygen atoms in total. The quantitative estimate of drug-likeness (QED) is 0.456. The van der Waals surface area contributed by atoms with Crippen LogP contribution in [0.2, 0.25) is 0 Å². The Morgan fingerprint density at radius 1 is 1.19 bits per heavy atom. The van der Waals surface area contributed by atoms with Crippen LogP contribution in [0.1, 0.15) is 5.69 Å². The molecule has 1 aromatic heterocycles. The van der Waals surface area contributed by atoms with Crippen molar-refractivity contribution in [2.24, 2.45) is 10.8 Å². The Labute approximate surface area is 93.0 Å². The Morgan fingerprint density at radius 2 is 2.00 bits per heavy atom. The molecule has 0 saturated heterocycles. The molecule has 0 amide bonds. The van der Waals surface area contributed by atoms with E-state index in [9.17, 15) is 0 Å². The number of hydrogen-bond donors (Lipinski definition) is 2. The van der Waals surface area contributed by atoms with Crippen LogP contribution >= 0.6 is 0 Å². The van der Waals surface area contributed by atoms with E-state index >= 15 is 0 Å². The van der Waals surface area contributed by atoms with Gasteiger partial charge in [-0.15, -0.1) is 0 Å². The number of anilines is 1. The van der Waals surface area contributed by atoms with Crippen molar-refractivity contribution >= 4 is 11.5 Å². The Hall–Kier alpha value is -2.43. The lowest BCUT2D eigenvalue weighted by molar-refractivity contribution is 1.16. The van der Waals surface area contributed by atoms with Gasteiger partial charge in [-0.1, -0.05) is 18.2 Å². The molecule has 0 bridgehead atoms. The van der Waals surface area contributed by atoms with Crippen molar-refractivity contribution in [3.05, 3.63) is 54.6 Å². The van der Waals surface area contributed by atoms with Crippen LogP contribution in [-0.4, -0.2) is 15.8 Å². The number of nitrogens with one attached hydrogen (secondary N) is 1. The van der Waals surface area contributed by atoms with Gasteiger partial charge in [0.05, 0.1) is 11.9 Å². The topological polar surface area (TPSA) is 76.2 Å². The van der Waals surface area contributed by atoms with Crippen molar-refractivity contribution in [2.45, 2.75) is 0 Å². The first kappa shape index (κ1) is 10.1. The number of nitrogens with zero attached hydrogens (tertiary/aromatic N) is 3. The second-order valence-corrected chi connectivity index (χ2v) is 3.07. The van der Waals surface area contributed by atoms with E-state index in [4.69, 9.17) is 5.73 Å². The molecular weight excluding hydrogens is 202 g/mol. The first-order valence-corrected chi connectivity index (χ1v) is 4.77. The summed E-state index contributed by atoms with van der Waals surface area (Å²) in [4.78, 5) is 7.94. The molecule has 0 aliphatic heterocycles. The normalized spacial score (nSPS) is 11.1. The van der Waals surface area contributed by atoms with Gasteiger partial charge < -0.3 is 5.73 Å². The van der Waals surface area contributed by atoms with Crippen LogP contribution in [0.15, 0.2) is 54.0 Å². The highest BCUT2D eigenvalue weighted by atomic mass is 15.3. The number of amidine groups is 1. The van der Waals surface area contributed by atoms with Gasteiger partial charge in [-0.05, 0) is 12.1 Å². The summed E-state index contributed by atoms with van der Waals surface area (Å²) in [5.74, 6) is 0.303. The molecule has 1 heterocycles. The maximum Gasteiger partial charge on any atom is 0.171 e. The van der Waals surface area contributed by atoms with Crippen molar-refractivity contribution in [3.63, 3.8) is 0 Å². The van der Waals surface area contributed by atoms with Crippen LogP contribution in [-0.2, 0) is 0 Å². The van der Waals surface area contributed by atoms with Gasteiger partial charge in [-0.25, -0.2) is 4.98 Å². The Kier molecular flexibility index (Phi) is 3.08. The summed E-state index contributed by atoms with van der Waals surface area (Å²) in [6.07, 6.45) is 4.72. The van der Waals surface area contributed by atoms with Gasteiger partial charge in [0.1, 0.15) is 5.69 Å². The maximum atomic E-state index is 5.73. The predicted molar refractivity (Wildman–Crippen MR) is 62.8 cm³/mol. The fourth-order valence-electron chi connectivity index (χ4n) is 1.13. The summed E-state index contributed by atoms with van der Waals surface area (Å²) in [6.45, 7) is 0. The van der Waals surface area contributed by atoms with E-state index in [0.717, 1.165) is 5.69 Å². The standard InChI is InChI=1S/C11H11N5/c12-11(10-8-13-6-7-14-10)16-15-9-4-2-1-3-5-9/h1-8,15H,(H2,12,16). The monoisotopic (exact) mass is 213 g/mol. The zero-order valence-electron chi connectivity index (χ0n) is 8.54. The number of para-hydroxylation sites is 1. The molecule has 1 aromatic carbocycles. The lowest BCUT2D eigenvalue weighted by Crippen LogP contribution is -2.17. The third-order valence-electron chi connectivity index (χ3n) is 1.90. The fourth-order valence-corrected chi connectivity index (χ4v) is 1.13. The number of hydrogen-bond acceptors (Lipinski definition) is 4. The summed E-state index contributed by atoms with van der Waals surface area (Å²) in [6, 6.07) is 9.55. The van der Waals surface area contributed by atoms with Crippen molar-refractivity contribution in [2.75, 3.05) is 5.43 Å². The lowest BCUT2D eigenvalue weighted by Gasteiger charge is -2.01. The molecule has 3 N–H and O–H groups in total. The second kappa shape index (κ2) is 4.88. The third-order valence-corrected chi connectivity index (χ3v) is 1.90.